The number of aldehydes is 1. The third-order valence-electron chi connectivity index (χ3n) is 2.66. The van der Waals surface area contributed by atoms with Crippen LogP contribution in [-0.4, -0.2) is 6.29 Å². The second-order valence-corrected chi connectivity index (χ2v) is 3.92. The lowest BCUT2D eigenvalue weighted by atomic mass is 9.91. The van der Waals surface area contributed by atoms with E-state index in [1.54, 1.807) is 0 Å². The van der Waals surface area contributed by atoms with E-state index in [4.69, 9.17) is 5.26 Å². The summed E-state index contributed by atoms with van der Waals surface area (Å²) in [5.74, 6) is -0.180. The van der Waals surface area contributed by atoms with Gasteiger partial charge in [0.15, 0.2) is 0 Å². The zero-order chi connectivity index (χ0) is 10.8. The third-order valence-corrected chi connectivity index (χ3v) is 2.66. The summed E-state index contributed by atoms with van der Waals surface area (Å²) >= 11 is 0. The Kier molecular flexibility index (Phi) is 8.22. The summed E-state index contributed by atoms with van der Waals surface area (Å²) in [5.41, 5.74) is 0. The van der Waals surface area contributed by atoms with Gasteiger partial charge in [0.05, 0.1) is 12.0 Å². The van der Waals surface area contributed by atoms with E-state index in [9.17, 15) is 4.79 Å². The summed E-state index contributed by atoms with van der Waals surface area (Å²) in [7, 11) is 0. The van der Waals surface area contributed by atoms with Gasteiger partial charge in [0.1, 0.15) is 6.29 Å². The second-order valence-electron chi connectivity index (χ2n) is 3.92. The van der Waals surface area contributed by atoms with Gasteiger partial charge in [-0.2, -0.15) is 5.26 Å². The molecule has 0 aliphatic carbocycles. The van der Waals surface area contributed by atoms with Crippen molar-refractivity contribution in [1.29, 1.82) is 5.26 Å². The number of nitriles is 1. The maximum Gasteiger partial charge on any atom is 0.124 e. The average Bonchev–Trinajstić information content (AvgIpc) is 2.22. The van der Waals surface area contributed by atoms with E-state index >= 15 is 0 Å². The molecule has 0 N–H and O–H groups in total. The van der Waals surface area contributed by atoms with Crippen LogP contribution in [0.4, 0.5) is 0 Å². The zero-order valence-electron chi connectivity index (χ0n) is 9.33. The van der Waals surface area contributed by atoms with Crippen molar-refractivity contribution in [2.75, 3.05) is 0 Å². The van der Waals surface area contributed by atoms with Crippen LogP contribution in [-0.2, 0) is 4.79 Å². The molecule has 0 amide bonds. The van der Waals surface area contributed by atoms with Gasteiger partial charge in [-0.15, -0.1) is 0 Å². The fourth-order valence-electron chi connectivity index (χ4n) is 1.52. The quantitative estimate of drug-likeness (QED) is 0.440. The predicted octanol–water partition coefficient (Wildman–Crippen LogP) is 3.32. The predicted molar refractivity (Wildman–Crippen MR) is 57.7 cm³/mol. The number of unbranched alkanes of at least 4 members (excludes halogenated alkanes) is 4. The smallest absolute Gasteiger partial charge is 0.124 e. The fraction of sp³-hybridized carbons (Fsp3) is 0.833. The summed E-state index contributed by atoms with van der Waals surface area (Å²) in [5, 5.41) is 8.67. The van der Waals surface area contributed by atoms with Gasteiger partial charge in [-0.3, -0.25) is 0 Å². The van der Waals surface area contributed by atoms with Crippen molar-refractivity contribution < 1.29 is 4.79 Å². The van der Waals surface area contributed by atoms with Crippen LogP contribution in [0.15, 0.2) is 0 Å². The van der Waals surface area contributed by atoms with E-state index < -0.39 is 0 Å². The minimum absolute atomic E-state index is 0.0540. The molecule has 0 rings (SSSR count). The molecule has 0 saturated carbocycles. The highest BCUT2D eigenvalue weighted by molar-refractivity contribution is 5.54. The van der Waals surface area contributed by atoms with Crippen LogP contribution >= 0.6 is 0 Å². The standard InChI is InChI=1S/C12H21NO/c1-3-4-5-6-7-8-12(10-14)11(2)9-13/h10-12H,3-8H2,1-2H3. The van der Waals surface area contributed by atoms with Crippen molar-refractivity contribution in [2.24, 2.45) is 11.8 Å². The van der Waals surface area contributed by atoms with Crippen molar-refractivity contribution >= 4 is 6.29 Å². The largest absolute Gasteiger partial charge is 0.303 e. The Balaban J connectivity index is 3.54. The highest BCUT2D eigenvalue weighted by Gasteiger charge is 2.14. The number of hydrogen-bond acceptors (Lipinski definition) is 2. The number of carbonyl (C=O) groups is 1. The first-order valence-electron chi connectivity index (χ1n) is 5.61. The number of rotatable bonds is 8. The Labute approximate surface area is 87.3 Å². The molecule has 0 spiro atoms. The maximum atomic E-state index is 10.7. The zero-order valence-corrected chi connectivity index (χ0v) is 9.33. The Morgan fingerprint density at radius 3 is 2.43 bits per heavy atom. The molecule has 80 valence electrons. The molecule has 0 aromatic rings. The van der Waals surface area contributed by atoms with Crippen molar-refractivity contribution in [2.45, 2.75) is 52.4 Å². The fourth-order valence-corrected chi connectivity index (χ4v) is 1.52. The molecular formula is C12H21NO. The summed E-state index contributed by atoms with van der Waals surface area (Å²) in [6, 6.07) is 2.14. The van der Waals surface area contributed by atoms with Crippen molar-refractivity contribution in [1.82, 2.24) is 0 Å². The molecule has 14 heavy (non-hydrogen) atoms. The molecule has 2 nitrogen and oxygen atoms in total. The topological polar surface area (TPSA) is 40.9 Å². The minimum Gasteiger partial charge on any atom is -0.303 e. The van der Waals surface area contributed by atoms with Crippen LogP contribution in [0.2, 0.25) is 0 Å². The molecule has 0 saturated heterocycles. The average molecular weight is 195 g/mol. The van der Waals surface area contributed by atoms with E-state index in [2.05, 4.69) is 13.0 Å². The summed E-state index contributed by atoms with van der Waals surface area (Å²) in [6.07, 6.45) is 7.86. The van der Waals surface area contributed by atoms with E-state index in [1.807, 2.05) is 6.92 Å². The van der Waals surface area contributed by atoms with Gasteiger partial charge < -0.3 is 4.79 Å². The first-order valence-corrected chi connectivity index (χ1v) is 5.61. The molecule has 2 unspecified atom stereocenters. The van der Waals surface area contributed by atoms with E-state index in [-0.39, 0.29) is 11.8 Å². The molecule has 0 bridgehead atoms. The lowest BCUT2D eigenvalue weighted by Gasteiger charge is -2.11. The lowest BCUT2D eigenvalue weighted by Crippen LogP contribution is -2.11. The maximum absolute atomic E-state index is 10.7. The molecule has 0 aromatic heterocycles. The lowest BCUT2D eigenvalue weighted by molar-refractivity contribution is -0.112. The molecule has 2 atom stereocenters. The summed E-state index contributed by atoms with van der Waals surface area (Å²) < 4.78 is 0. The van der Waals surface area contributed by atoms with Crippen molar-refractivity contribution in [3.8, 4) is 6.07 Å². The van der Waals surface area contributed by atoms with Crippen LogP contribution in [0, 0.1) is 23.2 Å². The molecule has 0 fully saturated rings. The van der Waals surface area contributed by atoms with Gasteiger partial charge in [-0.1, -0.05) is 39.0 Å². The monoisotopic (exact) mass is 195 g/mol. The van der Waals surface area contributed by atoms with Gasteiger partial charge in [0, 0.05) is 5.92 Å². The molecule has 0 heterocycles. The highest BCUT2D eigenvalue weighted by Crippen LogP contribution is 2.17. The SMILES string of the molecule is CCCCCCCC(C=O)C(C)C#N. The first kappa shape index (κ1) is 13.2. The molecule has 0 aliphatic rings. The molecule has 0 radical (unpaired) electrons. The Morgan fingerprint density at radius 1 is 1.29 bits per heavy atom. The highest BCUT2D eigenvalue weighted by atomic mass is 16.1. The Hall–Kier alpha value is -0.840. The van der Waals surface area contributed by atoms with Crippen molar-refractivity contribution in [3.63, 3.8) is 0 Å². The van der Waals surface area contributed by atoms with Gasteiger partial charge in [0.2, 0.25) is 0 Å². The van der Waals surface area contributed by atoms with Gasteiger partial charge in [-0.25, -0.2) is 0 Å². The van der Waals surface area contributed by atoms with Crippen LogP contribution in [0.1, 0.15) is 52.4 Å². The van der Waals surface area contributed by atoms with Gasteiger partial charge >= 0.3 is 0 Å². The number of hydrogen-bond donors (Lipinski definition) is 0. The van der Waals surface area contributed by atoms with Crippen LogP contribution in [0.5, 0.6) is 0 Å². The molecule has 2 heteroatoms. The van der Waals surface area contributed by atoms with Crippen LogP contribution < -0.4 is 0 Å². The number of nitrogens with zero attached hydrogens (tertiary/aromatic N) is 1. The Morgan fingerprint density at radius 2 is 1.93 bits per heavy atom. The Bertz CT molecular complexity index is 183. The van der Waals surface area contributed by atoms with E-state index in [1.165, 1.54) is 25.7 Å². The first-order chi connectivity index (χ1) is 6.76. The minimum atomic E-state index is -0.126. The number of carbonyl (C=O) groups excluding carboxylic acids is 1. The second kappa shape index (κ2) is 8.74. The van der Waals surface area contributed by atoms with E-state index in [0.717, 1.165) is 19.1 Å². The van der Waals surface area contributed by atoms with Crippen LogP contribution in [0.3, 0.4) is 0 Å². The van der Waals surface area contributed by atoms with Gasteiger partial charge in [0.25, 0.3) is 0 Å². The third kappa shape index (κ3) is 5.75. The molecule has 0 aromatic carbocycles. The molecular weight excluding hydrogens is 174 g/mol. The van der Waals surface area contributed by atoms with E-state index in [0.29, 0.717) is 0 Å². The summed E-state index contributed by atoms with van der Waals surface area (Å²) in [6.45, 7) is 4.01. The van der Waals surface area contributed by atoms with Crippen molar-refractivity contribution in [3.05, 3.63) is 0 Å². The molecule has 0 aliphatic heterocycles. The van der Waals surface area contributed by atoms with Gasteiger partial charge in [-0.05, 0) is 13.3 Å². The summed E-state index contributed by atoms with van der Waals surface area (Å²) in [4.78, 5) is 10.7. The van der Waals surface area contributed by atoms with Crippen LogP contribution in [0.25, 0.3) is 0 Å². The normalized spacial score (nSPS) is 14.4.